The van der Waals surface area contributed by atoms with Crippen molar-refractivity contribution < 1.29 is 9.90 Å². The molecule has 1 aliphatic heterocycles. The van der Waals surface area contributed by atoms with Gasteiger partial charge in [0.2, 0.25) is 5.91 Å². The normalized spacial score (nSPS) is 17.9. The van der Waals surface area contributed by atoms with Gasteiger partial charge in [-0.3, -0.25) is 4.79 Å². The minimum atomic E-state index is -0.453. The van der Waals surface area contributed by atoms with Crippen LogP contribution in [0.5, 0.6) is 0 Å². The fourth-order valence-electron chi connectivity index (χ4n) is 3.05. The maximum Gasteiger partial charge on any atom is 0.223 e. The lowest BCUT2D eigenvalue weighted by Gasteiger charge is -2.32. The van der Waals surface area contributed by atoms with Gasteiger partial charge < -0.3 is 15.3 Å². The molecule has 1 unspecified atom stereocenters. The van der Waals surface area contributed by atoms with Gasteiger partial charge in [0, 0.05) is 19.0 Å². The quantitative estimate of drug-likeness (QED) is 0.760. The number of aliphatic hydroxyl groups is 1. The molecule has 0 aromatic heterocycles. The van der Waals surface area contributed by atoms with Gasteiger partial charge in [-0.25, -0.2) is 0 Å². The minimum absolute atomic E-state index is 0.139. The number of benzene rings is 1. The number of amides is 1. The first-order valence-corrected chi connectivity index (χ1v) is 8.85. The Morgan fingerprint density at radius 3 is 2.57 bits per heavy atom. The lowest BCUT2D eigenvalue weighted by atomic mass is 9.95. The summed E-state index contributed by atoms with van der Waals surface area (Å²) in [5.74, 6) is 0.344. The van der Waals surface area contributed by atoms with Crippen molar-refractivity contribution in [3.05, 3.63) is 35.4 Å². The van der Waals surface area contributed by atoms with Crippen LogP contribution in [-0.2, 0) is 4.79 Å². The topological polar surface area (TPSA) is 52.6 Å². The fourth-order valence-corrected chi connectivity index (χ4v) is 3.05. The number of nitrogens with one attached hydrogen (secondary N) is 1. The minimum Gasteiger partial charge on any atom is -0.387 e. The molecular formula is C19H30N2O2. The zero-order chi connectivity index (χ0) is 16.7. The summed E-state index contributed by atoms with van der Waals surface area (Å²) >= 11 is 0. The second kappa shape index (κ2) is 9.04. The van der Waals surface area contributed by atoms with E-state index >= 15 is 0 Å². The number of unbranched alkanes of at least 4 members (excludes halogenated alkanes) is 1. The highest BCUT2D eigenvalue weighted by molar-refractivity contribution is 5.78. The van der Waals surface area contributed by atoms with Crippen LogP contribution in [0.3, 0.4) is 0 Å². The summed E-state index contributed by atoms with van der Waals surface area (Å²) in [5, 5.41) is 13.4. The maximum atomic E-state index is 12.1. The molecule has 4 nitrogen and oxygen atoms in total. The first kappa shape index (κ1) is 18.0. The fraction of sp³-hybridized carbons (Fsp3) is 0.632. The molecule has 0 radical (unpaired) electrons. The Balaban J connectivity index is 1.73. The molecule has 1 aromatic rings. The molecule has 128 valence electrons. The number of carbonyl (C=O) groups excluding carboxylic acids is 1. The molecule has 23 heavy (non-hydrogen) atoms. The van der Waals surface area contributed by atoms with Gasteiger partial charge in [-0.2, -0.15) is 0 Å². The van der Waals surface area contributed by atoms with Gasteiger partial charge in [-0.15, -0.1) is 0 Å². The highest BCUT2D eigenvalue weighted by atomic mass is 16.3. The first-order valence-electron chi connectivity index (χ1n) is 8.85. The van der Waals surface area contributed by atoms with Crippen molar-refractivity contribution in [1.82, 2.24) is 10.2 Å². The third-order valence-corrected chi connectivity index (χ3v) is 4.68. The zero-order valence-corrected chi connectivity index (χ0v) is 14.4. The van der Waals surface area contributed by atoms with Gasteiger partial charge >= 0.3 is 0 Å². The van der Waals surface area contributed by atoms with E-state index in [0.29, 0.717) is 6.54 Å². The van der Waals surface area contributed by atoms with Gasteiger partial charge in [0.25, 0.3) is 0 Å². The highest BCUT2D eigenvalue weighted by Crippen LogP contribution is 2.21. The van der Waals surface area contributed by atoms with Crippen molar-refractivity contribution in [3.63, 3.8) is 0 Å². The molecule has 1 fully saturated rings. The molecule has 0 spiro atoms. The van der Waals surface area contributed by atoms with E-state index in [-0.39, 0.29) is 11.8 Å². The lowest BCUT2D eigenvalue weighted by Crippen LogP contribution is -2.42. The van der Waals surface area contributed by atoms with Crippen molar-refractivity contribution in [2.45, 2.75) is 45.6 Å². The van der Waals surface area contributed by atoms with Crippen LogP contribution < -0.4 is 5.32 Å². The van der Waals surface area contributed by atoms with Crippen molar-refractivity contribution in [1.29, 1.82) is 0 Å². The number of piperidine rings is 1. The molecule has 4 heteroatoms. The molecule has 2 rings (SSSR count). The zero-order valence-electron chi connectivity index (χ0n) is 14.4. The molecule has 0 aliphatic carbocycles. The second-order valence-electron chi connectivity index (χ2n) is 6.65. The Labute approximate surface area is 139 Å². The van der Waals surface area contributed by atoms with Gasteiger partial charge in [0.1, 0.15) is 0 Å². The van der Waals surface area contributed by atoms with E-state index in [0.717, 1.165) is 50.9 Å². The van der Waals surface area contributed by atoms with Crippen LogP contribution in [0, 0.1) is 12.8 Å². The average molecular weight is 318 g/mol. The summed E-state index contributed by atoms with van der Waals surface area (Å²) in [7, 11) is 0. The predicted octanol–water partition coefficient (Wildman–Crippen LogP) is 2.66. The maximum absolute atomic E-state index is 12.1. The number of nitrogens with zero attached hydrogens (tertiary/aromatic N) is 1. The second-order valence-corrected chi connectivity index (χ2v) is 6.65. The molecule has 0 saturated carbocycles. The molecule has 1 saturated heterocycles. The summed E-state index contributed by atoms with van der Waals surface area (Å²) in [5.41, 5.74) is 2.17. The van der Waals surface area contributed by atoms with Gasteiger partial charge in [-0.1, -0.05) is 43.2 Å². The van der Waals surface area contributed by atoms with E-state index in [1.807, 2.05) is 31.2 Å². The van der Waals surface area contributed by atoms with Crippen molar-refractivity contribution in [2.75, 3.05) is 26.2 Å². The van der Waals surface area contributed by atoms with Crippen LogP contribution in [0.1, 0.15) is 49.8 Å². The highest BCUT2D eigenvalue weighted by Gasteiger charge is 2.25. The van der Waals surface area contributed by atoms with E-state index in [1.54, 1.807) is 0 Å². The Morgan fingerprint density at radius 1 is 1.30 bits per heavy atom. The molecule has 1 aliphatic rings. The van der Waals surface area contributed by atoms with Crippen LogP contribution in [0.2, 0.25) is 0 Å². The predicted molar refractivity (Wildman–Crippen MR) is 93.2 cm³/mol. The molecular weight excluding hydrogens is 288 g/mol. The van der Waals surface area contributed by atoms with E-state index in [9.17, 15) is 9.90 Å². The number of rotatable bonds is 7. The van der Waals surface area contributed by atoms with Crippen LogP contribution in [0.15, 0.2) is 24.3 Å². The molecule has 1 amide bonds. The summed E-state index contributed by atoms with van der Waals surface area (Å²) in [6, 6.07) is 8.05. The number of hydrogen-bond donors (Lipinski definition) is 2. The van der Waals surface area contributed by atoms with Crippen LogP contribution >= 0.6 is 0 Å². The molecule has 1 heterocycles. The van der Waals surface area contributed by atoms with Crippen molar-refractivity contribution >= 4 is 5.91 Å². The number of aryl methyl sites for hydroxylation is 1. The standard InChI is InChI=1S/C19H30N2O2/c1-3-4-11-20-19(23)17-9-12-21(13-10-17)14-18(22)16-7-5-15(2)6-8-16/h5-8,17-18,22H,3-4,9-14H2,1-2H3,(H,20,23). The summed E-state index contributed by atoms with van der Waals surface area (Å²) < 4.78 is 0. The van der Waals surface area contributed by atoms with Crippen molar-refractivity contribution in [3.8, 4) is 0 Å². The van der Waals surface area contributed by atoms with Gasteiger partial charge in [-0.05, 0) is 44.8 Å². The Bertz CT molecular complexity index is 479. The third kappa shape index (κ3) is 5.63. The molecule has 1 aromatic carbocycles. The number of β-amino-alcohol motifs (C(OH)–C–C–N with tert-alkyl or cyclic N) is 1. The van der Waals surface area contributed by atoms with Crippen LogP contribution in [-0.4, -0.2) is 42.1 Å². The number of carbonyl (C=O) groups is 1. The SMILES string of the molecule is CCCCNC(=O)C1CCN(CC(O)c2ccc(C)cc2)CC1. The average Bonchev–Trinajstić information content (AvgIpc) is 2.56. The van der Waals surface area contributed by atoms with Gasteiger partial charge in [0.15, 0.2) is 0 Å². The Morgan fingerprint density at radius 2 is 1.96 bits per heavy atom. The number of likely N-dealkylation sites (tertiary alicyclic amines) is 1. The Kier molecular flexibility index (Phi) is 7.06. The Hall–Kier alpha value is -1.39. The third-order valence-electron chi connectivity index (χ3n) is 4.68. The molecule has 1 atom stereocenters. The van der Waals surface area contributed by atoms with Gasteiger partial charge in [0.05, 0.1) is 6.10 Å². The van der Waals surface area contributed by atoms with E-state index < -0.39 is 6.10 Å². The summed E-state index contributed by atoms with van der Waals surface area (Å²) in [6.07, 6.45) is 3.48. The van der Waals surface area contributed by atoms with Crippen LogP contribution in [0.4, 0.5) is 0 Å². The number of hydrogen-bond acceptors (Lipinski definition) is 3. The van der Waals surface area contributed by atoms with E-state index in [4.69, 9.17) is 0 Å². The summed E-state index contributed by atoms with van der Waals surface area (Å²) in [6.45, 7) is 7.38. The smallest absolute Gasteiger partial charge is 0.223 e. The number of aliphatic hydroxyl groups excluding tert-OH is 1. The summed E-state index contributed by atoms with van der Waals surface area (Å²) in [4.78, 5) is 14.3. The first-order chi connectivity index (χ1) is 11.1. The largest absolute Gasteiger partial charge is 0.387 e. The van der Waals surface area contributed by atoms with E-state index in [1.165, 1.54) is 5.56 Å². The van der Waals surface area contributed by atoms with E-state index in [2.05, 4.69) is 17.1 Å². The van der Waals surface area contributed by atoms with Crippen LogP contribution in [0.25, 0.3) is 0 Å². The lowest BCUT2D eigenvalue weighted by molar-refractivity contribution is -0.126. The monoisotopic (exact) mass is 318 g/mol. The van der Waals surface area contributed by atoms with Crippen molar-refractivity contribution in [2.24, 2.45) is 5.92 Å². The molecule has 2 N–H and O–H groups in total. The molecule has 0 bridgehead atoms.